The molecule has 1 aromatic rings. The Morgan fingerprint density at radius 2 is 1.44 bits per heavy atom. The second-order valence-electron chi connectivity index (χ2n) is 8.72. The van der Waals surface area contributed by atoms with Crippen molar-refractivity contribution in [3.63, 3.8) is 0 Å². The molecule has 196 valence electrons. The summed E-state index contributed by atoms with van der Waals surface area (Å²) in [6.07, 6.45) is 11.2. The topological polar surface area (TPSA) is 88.1 Å². The highest BCUT2D eigenvalue weighted by Crippen LogP contribution is 2.31. The van der Waals surface area contributed by atoms with Gasteiger partial charge in [0, 0.05) is 12.5 Å². The number of hydrogen-bond donors (Lipinski definition) is 0. The van der Waals surface area contributed by atoms with Crippen LogP contribution < -0.4 is 9.47 Å². The van der Waals surface area contributed by atoms with Gasteiger partial charge in [0.2, 0.25) is 0 Å². The summed E-state index contributed by atoms with van der Waals surface area (Å²) in [5.41, 5.74) is 0. The molecule has 1 aliphatic rings. The fourth-order valence-electron chi connectivity index (χ4n) is 3.92. The lowest BCUT2D eigenvalue weighted by Crippen LogP contribution is -2.29. The number of rotatable bonds is 15. The fourth-order valence-corrected chi connectivity index (χ4v) is 3.92. The standard InChI is InChI=1S/C29H38O7/c1-4-11-24(5-2)35-28(31)22-12-14-23(15-13-22)29(32)36-26-18-16-25(17-19-26)33-20-9-7-8-10-21-34-27(30)6-3/h4,6,11,16-19,22-23H,1,3,5,7-10,12-15,20-21H2,2H3/b24-11+. The van der Waals surface area contributed by atoms with Gasteiger partial charge < -0.3 is 18.9 Å². The first kappa shape index (κ1) is 28.9. The highest BCUT2D eigenvalue weighted by Gasteiger charge is 2.32. The minimum absolute atomic E-state index is 0.194. The Kier molecular flexibility index (Phi) is 13.1. The summed E-state index contributed by atoms with van der Waals surface area (Å²) in [7, 11) is 0. The molecular weight excluding hydrogens is 460 g/mol. The maximum absolute atomic E-state index is 12.6. The van der Waals surface area contributed by atoms with E-state index in [1.165, 1.54) is 0 Å². The SMILES string of the molecule is C=C/C=C(\CC)OC(=O)C1CCC(C(=O)Oc2ccc(OCCCCCCOC(=O)C=C)cc2)CC1. The van der Waals surface area contributed by atoms with Gasteiger partial charge in [0.25, 0.3) is 0 Å². The Hall–Kier alpha value is -3.35. The molecule has 0 N–H and O–H groups in total. The van der Waals surface area contributed by atoms with Crippen molar-refractivity contribution in [1.29, 1.82) is 0 Å². The molecule has 2 rings (SSSR count). The van der Waals surface area contributed by atoms with Crippen LogP contribution in [0.5, 0.6) is 11.5 Å². The van der Waals surface area contributed by atoms with Crippen LogP contribution in [0.15, 0.2) is 61.4 Å². The van der Waals surface area contributed by atoms with Crippen LogP contribution in [-0.4, -0.2) is 31.1 Å². The third-order valence-corrected chi connectivity index (χ3v) is 6.04. The summed E-state index contributed by atoms with van der Waals surface area (Å²) >= 11 is 0. The summed E-state index contributed by atoms with van der Waals surface area (Å²) in [5.74, 6) is 0.486. The summed E-state index contributed by atoms with van der Waals surface area (Å²) in [4.78, 5) is 35.9. The molecule has 1 fully saturated rings. The molecule has 36 heavy (non-hydrogen) atoms. The Balaban J connectivity index is 1.64. The number of unbranched alkanes of at least 4 members (excludes halogenated alkanes) is 3. The number of carbonyl (C=O) groups is 3. The largest absolute Gasteiger partial charge is 0.494 e. The molecule has 0 atom stereocenters. The van der Waals surface area contributed by atoms with Crippen molar-refractivity contribution in [3.8, 4) is 11.5 Å². The van der Waals surface area contributed by atoms with Crippen LogP contribution in [0.3, 0.4) is 0 Å². The predicted molar refractivity (Wildman–Crippen MR) is 137 cm³/mol. The molecule has 0 aliphatic heterocycles. The van der Waals surface area contributed by atoms with Crippen LogP contribution in [0, 0.1) is 11.8 Å². The van der Waals surface area contributed by atoms with Crippen molar-refractivity contribution in [2.75, 3.05) is 13.2 Å². The molecule has 0 saturated heterocycles. The molecule has 1 aliphatic carbocycles. The van der Waals surface area contributed by atoms with Gasteiger partial charge in [-0.1, -0.05) is 26.2 Å². The van der Waals surface area contributed by atoms with Gasteiger partial charge in [0.1, 0.15) is 17.3 Å². The summed E-state index contributed by atoms with van der Waals surface area (Å²) in [6, 6.07) is 7.02. The quantitative estimate of drug-likeness (QED) is 0.0722. The fraction of sp³-hybridized carbons (Fsp3) is 0.483. The summed E-state index contributed by atoms with van der Waals surface area (Å²) < 4.78 is 21.7. The van der Waals surface area contributed by atoms with Crippen molar-refractivity contribution in [2.45, 2.75) is 64.7 Å². The number of hydrogen-bond acceptors (Lipinski definition) is 7. The number of benzene rings is 1. The molecular formula is C29H38O7. The Morgan fingerprint density at radius 1 is 0.861 bits per heavy atom. The van der Waals surface area contributed by atoms with E-state index >= 15 is 0 Å². The zero-order valence-corrected chi connectivity index (χ0v) is 21.2. The van der Waals surface area contributed by atoms with Crippen LogP contribution in [0.4, 0.5) is 0 Å². The lowest BCUT2D eigenvalue weighted by Gasteiger charge is -2.26. The minimum atomic E-state index is -0.389. The molecule has 0 aromatic heterocycles. The van der Waals surface area contributed by atoms with Gasteiger partial charge in [-0.3, -0.25) is 9.59 Å². The Labute approximate surface area is 214 Å². The lowest BCUT2D eigenvalue weighted by molar-refractivity contribution is -0.148. The maximum atomic E-state index is 12.6. The third-order valence-electron chi connectivity index (χ3n) is 6.04. The van der Waals surface area contributed by atoms with E-state index in [0.717, 1.165) is 31.8 Å². The van der Waals surface area contributed by atoms with Gasteiger partial charge in [-0.25, -0.2) is 4.79 Å². The van der Waals surface area contributed by atoms with Crippen molar-refractivity contribution in [1.82, 2.24) is 0 Å². The second-order valence-corrected chi connectivity index (χ2v) is 8.72. The van der Waals surface area contributed by atoms with Gasteiger partial charge in [-0.15, -0.1) is 0 Å². The first-order chi connectivity index (χ1) is 17.5. The number of ether oxygens (including phenoxy) is 4. The van der Waals surface area contributed by atoms with Gasteiger partial charge in [0.05, 0.1) is 25.0 Å². The maximum Gasteiger partial charge on any atom is 0.330 e. The zero-order chi connectivity index (χ0) is 26.2. The van der Waals surface area contributed by atoms with Crippen molar-refractivity contribution in [3.05, 3.63) is 61.4 Å². The average molecular weight is 499 g/mol. The van der Waals surface area contributed by atoms with Crippen LogP contribution in [-0.2, 0) is 23.9 Å². The number of allylic oxidation sites excluding steroid dienone is 3. The van der Waals surface area contributed by atoms with Crippen LogP contribution in [0.1, 0.15) is 64.7 Å². The van der Waals surface area contributed by atoms with Crippen LogP contribution in [0.25, 0.3) is 0 Å². The average Bonchev–Trinajstić information content (AvgIpc) is 2.90. The Bertz CT molecular complexity index is 893. The van der Waals surface area contributed by atoms with Crippen molar-refractivity contribution >= 4 is 17.9 Å². The molecule has 1 saturated carbocycles. The summed E-state index contributed by atoms with van der Waals surface area (Å²) in [5, 5.41) is 0. The first-order valence-corrected chi connectivity index (χ1v) is 12.7. The second kappa shape index (κ2) is 16.3. The molecule has 0 unspecified atom stereocenters. The molecule has 0 amide bonds. The predicted octanol–water partition coefficient (Wildman–Crippen LogP) is 6.09. The van der Waals surface area contributed by atoms with E-state index < -0.39 is 0 Å². The van der Waals surface area contributed by atoms with E-state index in [-0.39, 0.29) is 29.7 Å². The van der Waals surface area contributed by atoms with Gasteiger partial charge >= 0.3 is 17.9 Å². The van der Waals surface area contributed by atoms with Crippen molar-refractivity contribution < 1.29 is 33.3 Å². The summed E-state index contributed by atoms with van der Waals surface area (Å²) in [6.45, 7) is 9.90. The van der Waals surface area contributed by atoms with E-state index in [0.29, 0.717) is 62.6 Å². The molecule has 7 heteroatoms. The Morgan fingerprint density at radius 3 is 2.03 bits per heavy atom. The van der Waals surface area contributed by atoms with E-state index in [4.69, 9.17) is 18.9 Å². The van der Waals surface area contributed by atoms with Crippen molar-refractivity contribution in [2.24, 2.45) is 11.8 Å². The zero-order valence-electron chi connectivity index (χ0n) is 21.2. The van der Waals surface area contributed by atoms with Gasteiger partial charge in [-0.2, -0.15) is 0 Å². The van der Waals surface area contributed by atoms with Gasteiger partial charge in [0.15, 0.2) is 0 Å². The number of esters is 3. The molecule has 7 nitrogen and oxygen atoms in total. The van der Waals surface area contributed by atoms with E-state index in [1.807, 2.05) is 6.92 Å². The smallest absolute Gasteiger partial charge is 0.330 e. The molecule has 0 spiro atoms. The molecule has 0 radical (unpaired) electrons. The van der Waals surface area contributed by atoms with Crippen LogP contribution >= 0.6 is 0 Å². The van der Waals surface area contributed by atoms with Crippen LogP contribution in [0.2, 0.25) is 0 Å². The lowest BCUT2D eigenvalue weighted by atomic mass is 9.82. The first-order valence-electron chi connectivity index (χ1n) is 12.7. The highest BCUT2D eigenvalue weighted by atomic mass is 16.5. The molecule has 0 bridgehead atoms. The van der Waals surface area contributed by atoms with Gasteiger partial charge in [-0.05, 0) is 81.7 Å². The monoisotopic (exact) mass is 498 g/mol. The number of carbonyl (C=O) groups excluding carboxylic acids is 3. The van der Waals surface area contributed by atoms with E-state index in [9.17, 15) is 14.4 Å². The van der Waals surface area contributed by atoms with E-state index in [2.05, 4.69) is 13.2 Å². The highest BCUT2D eigenvalue weighted by molar-refractivity contribution is 5.81. The van der Waals surface area contributed by atoms with E-state index in [1.54, 1.807) is 36.4 Å². The molecule has 0 heterocycles. The normalized spacial score (nSPS) is 17.5. The minimum Gasteiger partial charge on any atom is -0.494 e. The molecule has 1 aromatic carbocycles. The third kappa shape index (κ3) is 10.5.